The number of hydrogen-bond donors (Lipinski definition) is 1. The number of sulfonamides is 1. The summed E-state index contributed by atoms with van der Waals surface area (Å²) in [6, 6.07) is 23.6. The molecular weight excluding hydrogens is 510 g/mol. The Morgan fingerprint density at radius 2 is 1.51 bits per heavy atom. The van der Waals surface area contributed by atoms with Crippen LogP contribution in [0.15, 0.2) is 78.9 Å². The van der Waals surface area contributed by atoms with E-state index in [1.54, 1.807) is 12.1 Å². The molecule has 0 heterocycles. The smallest absolute Gasteiger partial charge is 0.244 e. The van der Waals surface area contributed by atoms with Crippen molar-refractivity contribution in [2.24, 2.45) is 0 Å². The van der Waals surface area contributed by atoms with Crippen LogP contribution in [0.5, 0.6) is 0 Å². The minimum Gasteiger partial charge on any atom is -0.354 e. The van der Waals surface area contributed by atoms with Gasteiger partial charge in [0.2, 0.25) is 21.8 Å². The van der Waals surface area contributed by atoms with Crippen LogP contribution in [0.2, 0.25) is 0 Å². The van der Waals surface area contributed by atoms with Gasteiger partial charge in [-0.2, -0.15) is 0 Å². The fourth-order valence-electron chi connectivity index (χ4n) is 4.40. The largest absolute Gasteiger partial charge is 0.354 e. The lowest BCUT2D eigenvalue weighted by molar-refractivity contribution is -0.140. The molecule has 0 aromatic heterocycles. The molecule has 8 heteroatoms. The second-order valence-corrected chi connectivity index (χ2v) is 11.6. The van der Waals surface area contributed by atoms with Crippen LogP contribution in [0.25, 0.3) is 0 Å². The molecule has 0 aliphatic rings. The lowest BCUT2D eigenvalue weighted by atomic mass is 10.0. The maximum absolute atomic E-state index is 14.1. The number of carbonyl (C=O) groups is 2. The molecule has 0 unspecified atom stereocenters. The topological polar surface area (TPSA) is 86.8 Å². The summed E-state index contributed by atoms with van der Waals surface area (Å²) in [6.45, 7) is 6.19. The first-order chi connectivity index (χ1) is 18.6. The van der Waals surface area contributed by atoms with Crippen LogP contribution in [0, 0.1) is 6.92 Å². The van der Waals surface area contributed by atoms with E-state index in [9.17, 15) is 18.0 Å². The average Bonchev–Trinajstić information content (AvgIpc) is 2.93. The van der Waals surface area contributed by atoms with E-state index in [0.29, 0.717) is 18.7 Å². The van der Waals surface area contributed by atoms with Gasteiger partial charge >= 0.3 is 0 Å². The van der Waals surface area contributed by atoms with Crippen molar-refractivity contribution < 1.29 is 18.0 Å². The van der Waals surface area contributed by atoms with Crippen LogP contribution in [0.3, 0.4) is 0 Å². The molecule has 0 bridgehead atoms. The minimum atomic E-state index is -3.78. The average molecular weight is 550 g/mol. The van der Waals surface area contributed by atoms with Crippen molar-refractivity contribution in [1.29, 1.82) is 0 Å². The Hall–Kier alpha value is -3.65. The zero-order valence-corrected chi connectivity index (χ0v) is 24.1. The standard InChI is InChI=1S/C31H39N3O4S/c1-5-20-32-31(36)29(21-26-13-8-7-9-14-26)33(22-27-15-11-10-12-24(27)3)30(35)23-34(39(4,37)38)28-18-16-25(6-2)17-19-28/h7-19,29H,5-6,20-23H2,1-4H3,(H,32,36)/t29-/m0/s1. The van der Waals surface area contributed by atoms with Crippen LogP contribution in [0.4, 0.5) is 5.69 Å². The molecule has 0 aliphatic carbocycles. The van der Waals surface area contributed by atoms with Gasteiger partial charge in [0.1, 0.15) is 12.6 Å². The Kier molecular flexibility index (Phi) is 10.7. The first-order valence-corrected chi connectivity index (χ1v) is 15.2. The number of anilines is 1. The molecule has 0 saturated heterocycles. The van der Waals surface area contributed by atoms with Gasteiger partial charge in [-0.05, 0) is 54.2 Å². The number of amides is 2. The second-order valence-electron chi connectivity index (χ2n) is 9.73. The maximum Gasteiger partial charge on any atom is 0.244 e. The highest BCUT2D eigenvalue weighted by atomic mass is 32.2. The summed E-state index contributed by atoms with van der Waals surface area (Å²) in [4.78, 5) is 29.1. The Morgan fingerprint density at radius 1 is 0.872 bits per heavy atom. The molecule has 0 fully saturated rings. The zero-order valence-electron chi connectivity index (χ0n) is 23.3. The van der Waals surface area contributed by atoms with Crippen molar-refractivity contribution in [2.75, 3.05) is 23.7 Å². The molecule has 0 radical (unpaired) electrons. The third-order valence-electron chi connectivity index (χ3n) is 6.73. The molecule has 3 aromatic carbocycles. The van der Waals surface area contributed by atoms with E-state index < -0.39 is 28.5 Å². The Balaban J connectivity index is 2.04. The predicted molar refractivity (Wildman–Crippen MR) is 157 cm³/mol. The van der Waals surface area contributed by atoms with Crippen LogP contribution in [0.1, 0.15) is 42.5 Å². The summed E-state index contributed by atoms with van der Waals surface area (Å²) in [6.07, 6.45) is 2.97. The van der Waals surface area contributed by atoms with Crippen LogP contribution in [-0.2, 0) is 39.0 Å². The van der Waals surface area contributed by atoms with Gasteiger partial charge < -0.3 is 10.2 Å². The fourth-order valence-corrected chi connectivity index (χ4v) is 5.25. The quantitative estimate of drug-likeness (QED) is 0.340. The highest BCUT2D eigenvalue weighted by Crippen LogP contribution is 2.22. The summed E-state index contributed by atoms with van der Waals surface area (Å²) in [7, 11) is -3.78. The summed E-state index contributed by atoms with van der Waals surface area (Å²) in [5, 5.41) is 2.95. The van der Waals surface area contributed by atoms with E-state index >= 15 is 0 Å². The molecule has 3 rings (SSSR count). The third kappa shape index (κ3) is 8.42. The van der Waals surface area contributed by atoms with Crippen LogP contribution >= 0.6 is 0 Å². The summed E-state index contributed by atoms with van der Waals surface area (Å²) >= 11 is 0. The van der Waals surface area contributed by atoms with E-state index in [-0.39, 0.29) is 12.5 Å². The van der Waals surface area contributed by atoms with Gasteiger partial charge in [0.05, 0.1) is 11.9 Å². The van der Waals surface area contributed by atoms with Crippen molar-refractivity contribution in [3.05, 3.63) is 101 Å². The third-order valence-corrected chi connectivity index (χ3v) is 7.87. The van der Waals surface area contributed by atoms with E-state index in [2.05, 4.69) is 5.32 Å². The minimum absolute atomic E-state index is 0.176. The highest BCUT2D eigenvalue weighted by Gasteiger charge is 2.33. The molecular formula is C31H39N3O4S. The molecule has 7 nitrogen and oxygen atoms in total. The zero-order chi connectivity index (χ0) is 28.4. The van der Waals surface area contributed by atoms with Gasteiger partial charge in [-0.1, -0.05) is 80.6 Å². The van der Waals surface area contributed by atoms with Crippen molar-refractivity contribution in [3.8, 4) is 0 Å². The molecule has 1 N–H and O–H groups in total. The fraction of sp³-hybridized carbons (Fsp3) is 0.355. The van der Waals surface area contributed by atoms with Crippen molar-refractivity contribution in [3.63, 3.8) is 0 Å². The summed E-state index contributed by atoms with van der Waals surface area (Å²) in [5.74, 6) is -0.711. The molecule has 1 atom stereocenters. The highest BCUT2D eigenvalue weighted by molar-refractivity contribution is 7.92. The molecule has 208 valence electrons. The Morgan fingerprint density at radius 3 is 2.10 bits per heavy atom. The normalized spacial score (nSPS) is 12.0. The lowest BCUT2D eigenvalue weighted by Gasteiger charge is -2.34. The first-order valence-electron chi connectivity index (χ1n) is 13.4. The summed E-state index contributed by atoms with van der Waals surface area (Å²) in [5.41, 5.74) is 4.26. The first kappa shape index (κ1) is 29.9. The molecule has 0 aliphatic heterocycles. The number of benzene rings is 3. The number of aryl methyl sites for hydroxylation is 2. The van der Waals surface area contributed by atoms with Gasteiger partial charge in [-0.3, -0.25) is 13.9 Å². The molecule has 2 amide bonds. The molecule has 39 heavy (non-hydrogen) atoms. The predicted octanol–water partition coefficient (Wildman–Crippen LogP) is 4.49. The Bertz CT molecular complexity index is 1340. The SMILES string of the molecule is CCCNC(=O)[C@H](Cc1ccccc1)N(Cc1ccccc1C)C(=O)CN(c1ccc(CC)cc1)S(C)(=O)=O. The number of carbonyl (C=O) groups excluding carboxylic acids is 2. The number of nitrogens with zero attached hydrogens (tertiary/aromatic N) is 2. The van der Waals surface area contributed by atoms with Gasteiger partial charge in [-0.15, -0.1) is 0 Å². The van der Waals surface area contributed by atoms with Crippen molar-refractivity contribution in [1.82, 2.24) is 10.2 Å². The number of nitrogens with one attached hydrogen (secondary N) is 1. The lowest BCUT2D eigenvalue weighted by Crippen LogP contribution is -2.53. The van der Waals surface area contributed by atoms with Crippen molar-refractivity contribution >= 4 is 27.5 Å². The van der Waals surface area contributed by atoms with Gasteiger partial charge in [0.15, 0.2) is 0 Å². The second kappa shape index (κ2) is 13.9. The number of hydrogen-bond acceptors (Lipinski definition) is 4. The monoisotopic (exact) mass is 549 g/mol. The van der Waals surface area contributed by atoms with Crippen molar-refractivity contribution in [2.45, 2.75) is 52.6 Å². The Labute approximate surface area is 232 Å². The summed E-state index contributed by atoms with van der Waals surface area (Å²) < 4.78 is 26.9. The van der Waals surface area contributed by atoms with Gasteiger partial charge in [0, 0.05) is 19.5 Å². The van der Waals surface area contributed by atoms with E-state index in [4.69, 9.17) is 0 Å². The van der Waals surface area contributed by atoms with E-state index in [1.807, 2.05) is 87.5 Å². The molecule has 0 saturated carbocycles. The van der Waals surface area contributed by atoms with Gasteiger partial charge in [0.25, 0.3) is 0 Å². The van der Waals surface area contributed by atoms with E-state index in [1.165, 1.54) is 4.90 Å². The van der Waals surface area contributed by atoms with Crippen LogP contribution in [-0.4, -0.2) is 50.5 Å². The maximum atomic E-state index is 14.1. The number of rotatable bonds is 13. The molecule has 3 aromatic rings. The molecule has 0 spiro atoms. The van der Waals surface area contributed by atoms with Gasteiger partial charge in [-0.25, -0.2) is 8.42 Å². The van der Waals surface area contributed by atoms with E-state index in [0.717, 1.165) is 45.7 Å². The van der Waals surface area contributed by atoms with Crippen LogP contribution < -0.4 is 9.62 Å².